The van der Waals surface area contributed by atoms with Crippen molar-refractivity contribution < 1.29 is 9.21 Å². The van der Waals surface area contributed by atoms with E-state index in [9.17, 15) is 9.59 Å². The van der Waals surface area contributed by atoms with Gasteiger partial charge in [-0.15, -0.1) is 0 Å². The number of benzene rings is 2. The lowest BCUT2D eigenvalue weighted by Crippen LogP contribution is -2.30. The molecule has 7 heteroatoms. The summed E-state index contributed by atoms with van der Waals surface area (Å²) in [7, 11) is 1.66. The van der Waals surface area contributed by atoms with Gasteiger partial charge >= 0.3 is 11.8 Å². The molecule has 3 rings (SSSR count). The van der Waals surface area contributed by atoms with Crippen LogP contribution < -0.4 is 16.4 Å². The van der Waals surface area contributed by atoms with Crippen LogP contribution in [-0.4, -0.2) is 17.1 Å². The topological polar surface area (TPSA) is 76.3 Å². The number of aryl methyl sites for hydroxylation is 1. The summed E-state index contributed by atoms with van der Waals surface area (Å²) in [5, 5.41) is 6.06. The van der Waals surface area contributed by atoms with Crippen LogP contribution in [0, 0.1) is 0 Å². The van der Waals surface area contributed by atoms with E-state index in [0.29, 0.717) is 29.3 Å². The van der Waals surface area contributed by atoms with E-state index in [1.54, 1.807) is 37.4 Å². The second kappa shape index (κ2) is 6.80. The molecule has 0 unspecified atom stereocenters. The van der Waals surface area contributed by atoms with Gasteiger partial charge in [-0.25, -0.2) is 9.59 Å². The summed E-state index contributed by atoms with van der Waals surface area (Å²) in [6, 6.07) is 12.2. The smallest absolute Gasteiger partial charge is 0.408 e. The molecule has 1 heterocycles. The number of carbonyl (C=O) groups excluding carboxylic acids is 1. The van der Waals surface area contributed by atoms with Crippen molar-refractivity contribution in [1.29, 1.82) is 0 Å². The van der Waals surface area contributed by atoms with Crippen LogP contribution in [0.4, 0.5) is 10.5 Å². The van der Waals surface area contributed by atoms with Crippen LogP contribution in [0.1, 0.15) is 5.56 Å². The van der Waals surface area contributed by atoms with Crippen molar-refractivity contribution in [2.75, 3.05) is 11.9 Å². The zero-order valence-electron chi connectivity index (χ0n) is 13.0. The van der Waals surface area contributed by atoms with E-state index in [1.807, 2.05) is 12.1 Å². The summed E-state index contributed by atoms with van der Waals surface area (Å²) in [4.78, 5) is 23.3. The van der Waals surface area contributed by atoms with Crippen LogP contribution >= 0.6 is 11.6 Å². The van der Waals surface area contributed by atoms with E-state index < -0.39 is 0 Å². The maximum Gasteiger partial charge on any atom is 0.419 e. The van der Waals surface area contributed by atoms with Crippen molar-refractivity contribution in [3.05, 3.63) is 63.6 Å². The summed E-state index contributed by atoms with van der Waals surface area (Å²) in [5.74, 6) is -0.388. The molecule has 6 nitrogen and oxygen atoms in total. The molecule has 3 aromatic rings. The first-order chi connectivity index (χ1) is 11.5. The first-order valence-corrected chi connectivity index (χ1v) is 7.79. The van der Waals surface area contributed by atoms with Crippen LogP contribution in [-0.2, 0) is 13.5 Å². The molecule has 0 aliphatic heterocycles. The number of rotatable bonds is 4. The van der Waals surface area contributed by atoms with Gasteiger partial charge in [0.2, 0.25) is 0 Å². The fourth-order valence-electron chi connectivity index (χ4n) is 2.39. The zero-order chi connectivity index (χ0) is 17.1. The lowest BCUT2D eigenvalue weighted by molar-refractivity contribution is 0.252. The quantitative estimate of drug-likeness (QED) is 0.762. The molecule has 0 aliphatic carbocycles. The average molecular weight is 346 g/mol. The van der Waals surface area contributed by atoms with Crippen LogP contribution in [0.5, 0.6) is 0 Å². The van der Waals surface area contributed by atoms with E-state index in [2.05, 4.69) is 10.6 Å². The highest BCUT2D eigenvalue weighted by molar-refractivity contribution is 6.30. The number of halogens is 1. The van der Waals surface area contributed by atoms with E-state index in [4.69, 9.17) is 16.0 Å². The van der Waals surface area contributed by atoms with Crippen molar-refractivity contribution in [3.8, 4) is 0 Å². The minimum atomic E-state index is -0.388. The second-order valence-corrected chi connectivity index (χ2v) is 5.81. The molecule has 0 atom stereocenters. The number of oxazole rings is 1. The van der Waals surface area contributed by atoms with Crippen molar-refractivity contribution in [2.24, 2.45) is 7.05 Å². The lowest BCUT2D eigenvalue weighted by atomic mass is 10.1. The second-order valence-electron chi connectivity index (χ2n) is 5.37. The fraction of sp³-hybridized carbons (Fsp3) is 0.176. The van der Waals surface area contributed by atoms with Gasteiger partial charge in [-0.05, 0) is 42.3 Å². The zero-order valence-corrected chi connectivity index (χ0v) is 13.8. The molecular formula is C17H16ClN3O3. The Morgan fingerprint density at radius 1 is 1.25 bits per heavy atom. The number of aromatic nitrogens is 1. The van der Waals surface area contributed by atoms with Crippen molar-refractivity contribution in [3.63, 3.8) is 0 Å². The SMILES string of the molecule is Cn1c(=O)oc2ccc(CCNC(=O)Nc3cccc(Cl)c3)cc21. The third-order valence-corrected chi connectivity index (χ3v) is 3.87. The standard InChI is InChI=1S/C17H16ClN3O3/c1-21-14-9-11(5-6-15(14)24-17(21)23)7-8-19-16(22)20-13-4-2-3-12(18)10-13/h2-6,9-10H,7-8H2,1H3,(H2,19,20,22). The van der Waals surface area contributed by atoms with Gasteiger partial charge in [0.05, 0.1) is 5.52 Å². The molecule has 0 bridgehead atoms. The number of nitrogens with zero attached hydrogens (tertiary/aromatic N) is 1. The van der Waals surface area contributed by atoms with E-state index in [0.717, 1.165) is 11.1 Å². The van der Waals surface area contributed by atoms with Gasteiger partial charge in [0, 0.05) is 24.3 Å². The van der Waals surface area contributed by atoms with Gasteiger partial charge in [0.15, 0.2) is 5.58 Å². The molecule has 124 valence electrons. The molecule has 0 spiro atoms. The molecule has 0 saturated heterocycles. The molecule has 2 amide bonds. The van der Waals surface area contributed by atoms with Crippen molar-refractivity contribution >= 4 is 34.4 Å². The van der Waals surface area contributed by atoms with E-state index in [1.165, 1.54) is 4.57 Å². The number of hydrogen-bond acceptors (Lipinski definition) is 3. The monoisotopic (exact) mass is 345 g/mol. The number of nitrogens with one attached hydrogen (secondary N) is 2. The highest BCUT2D eigenvalue weighted by Crippen LogP contribution is 2.15. The molecule has 1 aromatic heterocycles. The molecule has 0 saturated carbocycles. The Kier molecular flexibility index (Phi) is 4.57. The van der Waals surface area contributed by atoms with Gasteiger partial charge in [-0.1, -0.05) is 23.7 Å². The highest BCUT2D eigenvalue weighted by atomic mass is 35.5. The Balaban J connectivity index is 1.57. The van der Waals surface area contributed by atoms with Gasteiger partial charge in [0.25, 0.3) is 0 Å². The summed E-state index contributed by atoms with van der Waals surface area (Å²) in [6.07, 6.45) is 0.637. The molecule has 0 aliphatic rings. The fourth-order valence-corrected chi connectivity index (χ4v) is 2.58. The molecule has 2 aromatic carbocycles. The Morgan fingerprint density at radius 3 is 2.88 bits per heavy atom. The number of amides is 2. The largest absolute Gasteiger partial charge is 0.419 e. The molecular weight excluding hydrogens is 330 g/mol. The molecule has 24 heavy (non-hydrogen) atoms. The average Bonchev–Trinajstić information content (AvgIpc) is 2.82. The number of urea groups is 1. The summed E-state index contributed by atoms with van der Waals surface area (Å²) in [5.41, 5.74) is 2.93. The summed E-state index contributed by atoms with van der Waals surface area (Å²) < 4.78 is 6.55. The number of hydrogen-bond donors (Lipinski definition) is 2. The molecule has 0 fully saturated rings. The Hall–Kier alpha value is -2.73. The van der Waals surface area contributed by atoms with Gasteiger partial charge in [0.1, 0.15) is 0 Å². The van der Waals surface area contributed by atoms with Gasteiger partial charge < -0.3 is 15.1 Å². The van der Waals surface area contributed by atoms with Crippen molar-refractivity contribution in [1.82, 2.24) is 9.88 Å². The van der Waals surface area contributed by atoms with Crippen molar-refractivity contribution in [2.45, 2.75) is 6.42 Å². The minimum Gasteiger partial charge on any atom is -0.408 e. The molecule has 2 N–H and O–H groups in total. The van der Waals surface area contributed by atoms with E-state index in [-0.39, 0.29) is 11.8 Å². The Bertz CT molecular complexity index is 946. The Labute approximate surface area is 143 Å². The minimum absolute atomic E-state index is 0.297. The first-order valence-electron chi connectivity index (χ1n) is 7.42. The maximum atomic E-state index is 11.9. The third-order valence-electron chi connectivity index (χ3n) is 3.64. The van der Waals surface area contributed by atoms with Crippen LogP contribution in [0.15, 0.2) is 51.7 Å². The number of carbonyl (C=O) groups is 1. The number of fused-ring (bicyclic) bond motifs is 1. The maximum absolute atomic E-state index is 11.9. The third kappa shape index (κ3) is 3.60. The van der Waals surface area contributed by atoms with Gasteiger partial charge in [-0.2, -0.15) is 0 Å². The highest BCUT2D eigenvalue weighted by Gasteiger charge is 2.07. The van der Waals surface area contributed by atoms with Crippen LogP contribution in [0.25, 0.3) is 11.1 Å². The van der Waals surface area contributed by atoms with Crippen LogP contribution in [0.2, 0.25) is 5.02 Å². The molecule has 0 radical (unpaired) electrons. The lowest BCUT2D eigenvalue weighted by Gasteiger charge is -2.08. The van der Waals surface area contributed by atoms with Crippen LogP contribution in [0.3, 0.4) is 0 Å². The predicted octanol–water partition coefficient (Wildman–Crippen LogP) is 3.15. The van der Waals surface area contributed by atoms with E-state index >= 15 is 0 Å². The Morgan fingerprint density at radius 2 is 2.08 bits per heavy atom. The number of anilines is 1. The van der Waals surface area contributed by atoms with Gasteiger partial charge in [-0.3, -0.25) is 4.57 Å². The predicted molar refractivity (Wildman–Crippen MR) is 93.6 cm³/mol. The summed E-state index contributed by atoms with van der Waals surface area (Å²) >= 11 is 5.87. The summed E-state index contributed by atoms with van der Waals surface area (Å²) in [6.45, 7) is 0.462. The first kappa shape index (κ1) is 16.1. The normalized spacial score (nSPS) is 10.8.